The van der Waals surface area contributed by atoms with Gasteiger partial charge < -0.3 is 22.4 Å². The van der Waals surface area contributed by atoms with Crippen LogP contribution in [0.2, 0.25) is 0 Å². The third-order valence-corrected chi connectivity index (χ3v) is 6.19. The van der Waals surface area contributed by atoms with Gasteiger partial charge in [-0.05, 0) is 35.2 Å². The Labute approximate surface area is 244 Å². The maximum Gasteiger partial charge on any atom is 1.00 e. The number of carbonyl (C=O) groups is 2. The number of carbonyl (C=O) groups excluding carboxylic acids is 2. The van der Waals surface area contributed by atoms with E-state index in [2.05, 4.69) is 4.74 Å². The smallest absolute Gasteiger partial charge is 0.465 e. The van der Waals surface area contributed by atoms with Crippen LogP contribution in [-0.2, 0) is 9.47 Å². The SMILES string of the molecule is COC(=O)c1cc(N(C)C(=O)OCC2c3ccccc3-c3ccccc32)cc([B-](F)(F)F)c1C.[K+]. The van der Waals surface area contributed by atoms with E-state index in [1.54, 1.807) is 0 Å². The van der Waals surface area contributed by atoms with E-state index in [1.165, 1.54) is 20.0 Å². The Kier molecular flexibility index (Phi) is 8.54. The molecule has 176 valence electrons. The predicted molar refractivity (Wildman–Crippen MR) is 125 cm³/mol. The quantitative estimate of drug-likeness (QED) is 0.393. The number of esters is 1. The molecule has 3 aromatic rings. The number of ether oxygens (including phenoxy) is 2. The molecule has 1 amide bonds. The summed E-state index contributed by atoms with van der Waals surface area (Å²) in [6.07, 6.45) is -0.831. The van der Waals surface area contributed by atoms with Crippen molar-refractivity contribution >= 4 is 30.2 Å². The molecule has 3 aromatic carbocycles. The van der Waals surface area contributed by atoms with E-state index in [0.29, 0.717) is 0 Å². The van der Waals surface area contributed by atoms with E-state index < -0.39 is 24.5 Å². The van der Waals surface area contributed by atoms with Crippen molar-refractivity contribution < 1.29 is 83.4 Å². The Morgan fingerprint density at radius 1 is 0.971 bits per heavy atom. The number of benzene rings is 3. The topological polar surface area (TPSA) is 55.8 Å². The largest absolute Gasteiger partial charge is 1.00 e. The van der Waals surface area contributed by atoms with Crippen molar-refractivity contribution in [1.29, 1.82) is 0 Å². The van der Waals surface area contributed by atoms with Crippen LogP contribution < -0.4 is 61.7 Å². The zero-order valence-corrected chi connectivity index (χ0v) is 23.0. The van der Waals surface area contributed by atoms with E-state index in [1.807, 2.05) is 48.5 Å². The first-order valence-electron chi connectivity index (χ1n) is 10.6. The maximum atomic E-state index is 13.7. The van der Waals surface area contributed by atoms with Gasteiger partial charge >= 0.3 is 70.4 Å². The molecule has 35 heavy (non-hydrogen) atoms. The molecule has 0 aliphatic heterocycles. The Balaban J connectivity index is 0.00000342. The summed E-state index contributed by atoms with van der Waals surface area (Å²) in [6, 6.07) is 17.7. The van der Waals surface area contributed by atoms with Crippen LogP contribution >= 0.6 is 0 Å². The minimum Gasteiger partial charge on any atom is -0.465 e. The van der Waals surface area contributed by atoms with Crippen LogP contribution in [0.1, 0.15) is 33.0 Å². The van der Waals surface area contributed by atoms with Crippen LogP contribution in [0.3, 0.4) is 0 Å². The van der Waals surface area contributed by atoms with Crippen molar-refractivity contribution in [3.63, 3.8) is 0 Å². The first kappa shape index (κ1) is 27.5. The molecule has 1 aliphatic carbocycles. The van der Waals surface area contributed by atoms with E-state index in [-0.39, 0.29) is 80.7 Å². The van der Waals surface area contributed by atoms with E-state index >= 15 is 0 Å². The number of rotatable bonds is 5. The molecule has 0 fully saturated rings. The van der Waals surface area contributed by atoms with Crippen LogP contribution in [-0.4, -0.2) is 39.8 Å². The summed E-state index contributed by atoms with van der Waals surface area (Å²) in [5.74, 6) is -1.11. The first-order chi connectivity index (χ1) is 16.1. The van der Waals surface area contributed by atoms with Gasteiger partial charge in [0.15, 0.2) is 0 Å². The molecule has 10 heteroatoms. The molecule has 1 aliphatic rings. The van der Waals surface area contributed by atoms with Gasteiger partial charge in [0, 0.05) is 18.7 Å². The van der Waals surface area contributed by atoms with E-state index in [4.69, 9.17) is 4.74 Å². The first-order valence-corrected chi connectivity index (χ1v) is 10.6. The molecule has 5 nitrogen and oxygen atoms in total. The zero-order valence-electron chi connectivity index (χ0n) is 19.8. The minimum absolute atomic E-state index is 0. The van der Waals surface area contributed by atoms with Crippen molar-refractivity contribution in [1.82, 2.24) is 0 Å². The molecule has 0 unspecified atom stereocenters. The number of fused-ring (bicyclic) bond motifs is 3. The van der Waals surface area contributed by atoms with Gasteiger partial charge in [0.05, 0.1) is 12.7 Å². The number of methoxy groups -OCH3 is 1. The monoisotopic (exact) mass is 507 g/mol. The van der Waals surface area contributed by atoms with E-state index in [9.17, 15) is 22.5 Å². The fourth-order valence-corrected chi connectivity index (χ4v) is 4.37. The fourth-order valence-electron chi connectivity index (χ4n) is 4.37. The van der Waals surface area contributed by atoms with Gasteiger partial charge in [-0.1, -0.05) is 60.2 Å². The molecular weight excluding hydrogens is 485 g/mol. The molecule has 0 bridgehead atoms. The van der Waals surface area contributed by atoms with E-state index in [0.717, 1.165) is 40.3 Å². The van der Waals surface area contributed by atoms with Gasteiger partial charge in [0.2, 0.25) is 0 Å². The maximum absolute atomic E-state index is 13.7. The molecule has 0 atom stereocenters. The summed E-state index contributed by atoms with van der Waals surface area (Å²) in [5.41, 5.74) is 2.58. The number of nitrogens with zero attached hydrogens (tertiary/aromatic N) is 1. The van der Waals surface area contributed by atoms with Crippen molar-refractivity contribution in [2.45, 2.75) is 12.8 Å². The average Bonchev–Trinajstić information content (AvgIpc) is 3.14. The molecule has 0 radical (unpaired) electrons. The second-order valence-electron chi connectivity index (χ2n) is 8.14. The average molecular weight is 507 g/mol. The Morgan fingerprint density at radius 2 is 1.51 bits per heavy atom. The predicted octanol–water partition coefficient (Wildman–Crippen LogP) is 2.23. The Bertz CT molecular complexity index is 1240. The molecular formula is C25H22BF3KNO4. The summed E-state index contributed by atoms with van der Waals surface area (Å²) in [4.78, 5) is 25.9. The number of amides is 1. The third-order valence-electron chi connectivity index (χ3n) is 6.19. The van der Waals surface area contributed by atoms with Gasteiger partial charge in [0.25, 0.3) is 0 Å². The van der Waals surface area contributed by atoms with Gasteiger partial charge in [-0.25, -0.2) is 9.59 Å². The van der Waals surface area contributed by atoms with Crippen LogP contribution in [0.5, 0.6) is 0 Å². The Hall–Kier alpha value is -2.11. The second kappa shape index (κ2) is 10.9. The second-order valence-corrected chi connectivity index (χ2v) is 8.14. The van der Waals surface area contributed by atoms with Crippen molar-refractivity contribution in [3.8, 4) is 11.1 Å². The molecule has 0 saturated heterocycles. The molecule has 0 spiro atoms. The standard InChI is InChI=1S/C25H22BF3NO4.K/c1-15-21(24(31)33-3)12-16(13-23(15)26(27,28)29)30(2)25(32)34-14-22-19-10-6-4-8-17(19)18-9-5-7-11-20(18)22;/h4-13,22H,14H2,1-3H3;/q-1;+1. The minimum atomic E-state index is -5.42. The van der Waals surface area contributed by atoms with Crippen LogP contribution in [0.15, 0.2) is 60.7 Å². The third kappa shape index (κ3) is 5.36. The number of hydrogen-bond acceptors (Lipinski definition) is 4. The van der Waals surface area contributed by atoms with Gasteiger partial charge in [-0.3, -0.25) is 4.90 Å². The molecule has 0 aromatic heterocycles. The van der Waals surface area contributed by atoms with Crippen molar-refractivity contribution in [2.24, 2.45) is 0 Å². The Morgan fingerprint density at radius 3 is 2.03 bits per heavy atom. The molecule has 4 rings (SSSR count). The summed E-state index contributed by atoms with van der Waals surface area (Å²) in [6.45, 7) is -4.20. The summed E-state index contributed by atoms with van der Waals surface area (Å²) in [5, 5.41) is 0. The van der Waals surface area contributed by atoms with Crippen molar-refractivity contribution in [2.75, 3.05) is 25.7 Å². The fraction of sp³-hybridized carbons (Fsp3) is 0.200. The van der Waals surface area contributed by atoms with Crippen LogP contribution in [0, 0.1) is 6.92 Å². The number of halogens is 3. The molecule has 0 N–H and O–H groups in total. The van der Waals surface area contributed by atoms with Gasteiger partial charge in [0.1, 0.15) is 6.61 Å². The molecule has 0 heterocycles. The van der Waals surface area contributed by atoms with Crippen LogP contribution in [0.25, 0.3) is 11.1 Å². The summed E-state index contributed by atoms with van der Waals surface area (Å²) >= 11 is 0. The van der Waals surface area contributed by atoms with Gasteiger partial charge in [-0.15, -0.1) is 5.46 Å². The normalized spacial score (nSPS) is 12.3. The molecule has 0 saturated carbocycles. The van der Waals surface area contributed by atoms with Gasteiger partial charge in [-0.2, -0.15) is 0 Å². The zero-order chi connectivity index (χ0) is 24.6. The summed E-state index contributed by atoms with van der Waals surface area (Å²) < 4.78 is 51.1. The number of anilines is 1. The number of hydrogen-bond donors (Lipinski definition) is 0. The van der Waals surface area contributed by atoms with Crippen molar-refractivity contribution in [3.05, 3.63) is 82.9 Å². The van der Waals surface area contributed by atoms with Crippen LogP contribution in [0.4, 0.5) is 23.4 Å². The summed E-state index contributed by atoms with van der Waals surface area (Å²) in [7, 11) is 2.39.